The van der Waals surface area contributed by atoms with Crippen molar-refractivity contribution in [3.8, 4) is 0 Å². The largest absolute Gasteiger partial charge is 0.392 e. The number of hydrogen-bond donors (Lipinski definition) is 1. The predicted molar refractivity (Wildman–Crippen MR) is 82.7 cm³/mol. The Morgan fingerprint density at radius 2 is 1.57 bits per heavy atom. The summed E-state index contributed by atoms with van der Waals surface area (Å²) < 4.78 is 13.9. The SMILES string of the molecule is OC(Cc1ccccc1F)C1(c2ccccc2)CCCC1. The number of rotatable bonds is 4. The Morgan fingerprint density at radius 3 is 2.24 bits per heavy atom. The summed E-state index contributed by atoms with van der Waals surface area (Å²) in [6.07, 6.45) is 4.05. The van der Waals surface area contributed by atoms with Crippen LogP contribution >= 0.6 is 0 Å². The highest BCUT2D eigenvalue weighted by molar-refractivity contribution is 5.30. The first-order valence-electron chi connectivity index (χ1n) is 7.69. The normalized spacial score (nSPS) is 18.6. The van der Waals surface area contributed by atoms with Gasteiger partial charge in [-0.3, -0.25) is 0 Å². The first-order chi connectivity index (χ1) is 10.2. The van der Waals surface area contributed by atoms with Gasteiger partial charge in [-0.25, -0.2) is 4.39 Å². The zero-order valence-corrected chi connectivity index (χ0v) is 12.1. The van der Waals surface area contributed by atoms with Gasteiger partial charge >= 0.3 is 0 Å². The summed E-state index contributed by atoms with van der Waals surface area (Å²) >= 11 is 0. The average molecular weight is 284 g/mol. The molecule has 1 N–H and O–H groups in total. The van der Waals surface area contributed by atoms with Gasteiger partial charge in [-0.15, -0.1) is 0 Å². The second-order valence-electron chi connectivity index (χ2n) is 6.04. The molecule has 1 unspecified atom stereocenters. The molecule has 0 aliphatic heterocycles. The van der Waals surface area contributed by atoms with Gasteiger partial charge in [-0.1, -0.05) is 61.4 Å². The molecule has 21 heavy (non-hydrogen) atoms. The third kappa shape index (κ3) is 2.73. The molecule has 3 rings (SSSR count). The topological polar surface area (TPSA) is 20.2 Å². The van der Waals surface area contributed by atoms with E-state index in [4.69, 9.17) is 0 Å². The van der Waals surface area contributed by atoms with Crippen LogP contribution < -0.4 is 0 Å². The lowest BCUT2D eigenvalue weighted by Crippen LogP contribution is -2.38. The second-order valence-corrected chi connectivity index (χ2v) is 6.04. The van der Waals surface area contributed by atoms with Crippen LogP contribution in [-0.2, 0) is 11.8 Å². The first-order valence-corrected chi connectivity index (χ1v) is 7.69. The number of hydrogen-bond acceptors (Lipinski definition) is 1. The Kier molecular flexibility index (Phi) is 4.07. The quantitative estimate of drug-likeness (QED) is 0.890. The summed E-state index contributed by atoms with van der Waals surface area (Å²) in [5.41, 5.74) is 1.57. The fourth-order valence-corrected chi connectivity index (χ4v) is 3.66. The van der Waals surface area contributed by atoms with Crippen LogP contribution in [-0.4, -0.2) is 11.2 Å². The third-order valence-corrected chi connectivity index (χ3v) is 4.85. The van der Waals surface area contributed by atoms with Gasteiger partial charge < -0.3 is 5.11 Å². The van der Waals surface area contributed by atoms with Gasteiger partial charge in [-0.05, 0) is 30.0 Å². The van der Waals surface area contributed by atoms with Crippen molar-refractivity contribution in [2.24, 2.45) is 0 Å². The minimum Gasteiger partial charge on any atom is -0.392 e. The lowest BCUT2D eigenvalue weighted by Gasteiger charge is -2.35. The standard InChI is InChI=1S/C19H21FO/c20-17-11-5-4-8-15(17)14-18(21)19(12-6-7-13-19)16-9-2-1-3-10-16/h1-5,8-11,18,21H,6-7,12-14H2. The Labute approximate surface area is 125 Å². The van der Waals surface area contributed by atoms with Gasteiger partial charge in [0.25, 0.3) is 0 Å². The minimum atomic E-state index is -0.542. The van der Waals surface area contributed by atoms with Gasteiger partial charge in [0.1, 0.15) is 5.82 Å². The van der Waals surface area contributed by atoms with Crippen molar-refractivity contribution in [2.45, 2.75) is 43.6 Å². The molecule has 1 atom stereocenters. The molecule has 110 valence electrons. The van der Waals surface area contributed by atoms with E-state index in [1.807, 2.05) is 24.3 Å². The van der Waals surface area contributed by atoms with Crippen LogP contribution in [0.2, 0.25) is 0 Å². The molecular weight excluding hydrogens is 263 g/mol. The van der Waals surface area contributed by atoms with Crippen molar-refractivity contribution in [3.05, 3.63) is 71.5 Å². The van der Waals surface area contributed by atoms with E-state index in [9.17, 15) is 9.50 Å². The Hall–Kier alpha value is -1.67. The van der Waals surface area contributed by atoms with E-state index in [2.05, 4.69) is 12.1 Å². The fraction of sp³-hybridized carbons (Fsp3) is 0.368. The van der Waals surface area contributed by atoms with E-state index >= 15 is 0 Å². The summed E-state index contributed by atoms with van der Waals surface area (Å²) in [4.78, 5) is 0. The fourth-order valence-electron chi connectivity index (χ4n) is 3.66. The monoisotopic (exact) mass is 284 g/mol. The number of aliphatic hydroxyl groups excluding tert-OH is 1. The van der Waals surface area contributed by atoms with Gasteiger partial charge in [-0.2, -0.15) is 0 Å². The number of benzene rings is 2. The molecule has 0 bridgehead atoms. The molecule has 0 spiro atoms. The van der Waals surface area contributed by atoms with Gasteiger partial charge in [0.15, 0.2) is 0 Å². The van der Waals surface area contributed by atoms with Crippen molar-refractivity contribution < 1.29 is 9.50 Å². The molecule has 0 aromatic heterocycles. The van der Waals surface area contributed by atoms with E-state index in [1.165, 1.54) is 11.6 Å². The predicted octanol–water partition coefficient (Wildman–Crippen LogP) is 4.24. The van der Waals surface area contributed by atoms with E-state index < -0.39 is 6.10 Å². The van der Waals surface area contributed by atoms with Crippen LogP contribution in [0.4, 0.5) is 4.39 Å². The Morgan fingerprint density at radius 1 is 0.952 bits per heavy atom. The number of halogens is 1. The van der Waals surface area contributed by atoms with Crippen molar-refractivity contribution in [1.82, 2.24) is 0 Å². The highest BCUT2D eigenvalue weighted by atomic mass is 19.1. The molecular formula is C19H21FO. The van der Waals surface area contributed by atoms with Gasteiger partial charge in [0.2, 0.25) is 0 Å². The first kappa shape index (κ1) is 14.3. The lowest BCUT2D eigenvalue weighted by atomic mass is 9.72. The van der Waals surface area contributed by atoms with Crippen LogP contribution in [0.15, 0.2) is 54.6 Å². The molecule has 0 heterocycles. The zero-order valence-electron chi connectivity index (χ0n) is 12.1. The maximum Gasteiger partial charge on any atom is 0.126 e. The zero-order chi connectivity index (χ0) is 14.7. The smallest absolute Gasteiger partial charge is 0.126 e. The summed E-state index contributed by atoms with van der Waals surface area (Å²) in [5.74, 6) is -0.224. The molecule has 1 fully saturated rings. The van der Waals surface area contributed by atoms with Crippen molar-refractivity contribution in [2.75, 3.05) is 0 Å². The molecule has 0 amide bonds. The van der Waals surface area contributed by atoms with E-state index in [0.717, 1.165) is 25.7 Å². The van der Waals surface area contributed by atoms with Crippen LogP contribution in [0, 0.1) is 5.82 Å². The molecule has 2 aromatic carbocycles. The molecule has 0 radical (unpaired) electrons. The molecule has 2 heteroatoms. The van der Waals surface area contributed by atoms with E-state index in [1.54, 1.807) is 12.1 Å². The summed E-state index contributed by atoms with van der Waals surface area (Å²) in [7, 11) is 0. The maximum absolute atomic E-state index is 13.9. The number of aliphatic hydroxyl groups is 1. The summed E-state index contributed by atoms with van der Waals surface area (Å²) in [6.45, 7) is 0. The van der Waals surface area contributed by atoms with Crippen LogP contribution in [0.1, 0.15) is 36.8 Å². The molecule has 2 aromatic rings. The van der Waals surface area contributed by atoms with E-state index in [-0.39, 0.29) is 11.2 Å². The highest BCUT2D eigenvalue weighted by Gasteiger charge is 2.42. The maximum atomic E-state index is 13.9. The lowest BCUT2D eigenvalue weighted by molar-refractivity contribution is 0.0818. The summed E-state index contributed by atoms with van der Waals surface area (Å²) in [6, 6.07) is 17.0. The molecule has 1 saturated carbocycles. The third-order valence-electron chi connectivity index (χ3n) is 4.85. The van der Waals surface area contributed by atoms with Crippen molar-refractivity contribution >= 4 is 0 Å². The van der Waals surface area contributed by atoms with Crippen molar-refractivity contribution in [1.29, 1.82) is 0 Å². The molecule has 1 aliphatic rings. The molecule has 1 aliphatic carbocycles. The molecule has 1 nitrogen and oxygen atoms in total. The van der Waals surface area contributed by atoms with Crippen molar-refractivity contribution in [3.63, 3.8) is 0 Å². The van der Waals surface area contributed by atoms with E-state index in [0.29, 0.717) is 12.0 Å². The summed E-state index contributed by atoms with van der Waals surface area (Å²) in [5, 5.41) is 10.9. The van der Waals surface area contributed by atoms with Gasteiger partial charge in [0.05, 0.1) is 6.10 Å². The van der Waals surface area contributed by atoms with Crippen LogP contribution in [0.25, 0.3) is 0 Å². The van der Waals surface area contributed by atoms with Crippen LogP contribution in [0.3, 0.4) is 0 Å². The second kappa shape index (κ2) is 5.98. The molecule has 0 saturated heterocycles. The Bertz CT molecular complexity index is 588. The highest BCUT2D eigenvalue weighted by Crippen LogP contribution is 2.44. The van der Waals surface area contributed by atoms with Gasteiger partial charge in [0, 0.05) is 11.8 Å². The average Bonchev–Trinajstić information content (AvgIpc) is 3.01. The minimum absolute atomic E-state index is 0.219. The Balaban J connectivity index is 1.90. The van der Waals surface area contributed by atoms with Crippen LogP contribution in [0.5, 0.6) is 0 Å².